The lowest BCUT2D eigenvalue weighted by Crippen LogP contribution is -2.18. The second-order valence-electron chi connectivity index (χ2n) is 4.71. The Balaban J connectivity index is 2.27. The van der Waals surface area contributed by atoms with Crippen molar-refractivity contribution in [1.82, 2.24) is 5.32 Å². The molecule has 3 nitrogen and oxygen atoms in total. The molecule has 0 aliphatic heterocycles. The maximum atomic E-state index is 13.2. The molecule has 2 rings (SSSR count). The van der Waals surface area contributed by atoms with Crippen LogP contribution in [0.15, 0.2) is 42.5 Å². The van der Waals surface area contributed by atoms with E-state index < -0.39 is 17.5 Å². The summed E-state index contributed by atoms with van der Waals surface area (Å²) in [7, 11) is 1.81. The van der Waals surface area contributed by atoms with E-state index >= 15 is 0 Å². The summed E-state index contributed by atoms with van der Waals surface area (Å²) < 4.78 is 26.3. The van der Waals surface area contributed by atoms with E-state index in [-0.39, 0.29) is 11.6 Å². The van der Waals surface area contributed by atoms with Crippen LogP contribution in [0.5, 0.6) is 0 Å². The number of hydrogen-bond acceptors (Lipinski definition) is 2. The first-order valence-corrected chi connectivity index (χ1v) is 6.55. The highest BCUT2D eigenvalue weighted by molar-refractivity contribution is 6.04. The maximum absolute atomic E-state index is 13.2. The van der Waals surface area contributed by atoms with Gasteiger partial charge in [-0.2, -0.15) is 0 Å². The number of nitrogens with one attached hydrogen (secondary N) is 2. The zero-order chi connectivity index (χ0) is 15.4. The van der Waals surface area contributed by atoms with E-state index in [0.717, 1.165) is 23.8 Å². The van der Waals surface area contributed by atoms with Crippen LogP contribution in [-0.4, -0.2) is 13.0 Å². The van der Waals surface area contributed by atoms with Crippen molar-refractivity contribution in [2.75, 3.05) is 12.4 Å². The number of para-hydroxylation sites is 1. The first-order valence-electron chi connectivity index (χ1n) is 6.55. The Morgan fingerprint density at radius 3 is 2.33 bits per heavy atom. The molecule has 1 amide bonds. The highest BCUT2D eigenvalue weighted by Gasteiger charge is 2.13. The van der Waals surface area contributed by atoms with Gasteiger partial charge in [-0.3, -0.25) is 4.79 Å². The van der Waals surface area contributed by atoms with Crippen molar-refractivity contribution >= 4 is 11.6 Å². The maximum Gasteiger partial charge on any atom is 0.255 e. The van der Waals surface area contributed by atoms with Crippen LogP contribution in [0.25, 0.3) is 0 Å². The van der Waals surface area contributed by atoms with E-state index in [2.05, 4.69) is 10.6 Å². The number of hydrogen-bond donors (Lipinski definition) is 2. The minimum Gasteiger partial charge on any atom is -0.322 e. The molecule has 0 saturated heterocycles. The first kappa shape index (κ1) is 15.1. The minimum absolute atomic E-state index is 0.0331. The molecule has 0 aromatic heterocycles. The van der Waals surface area contributed by atoms with Gasteiger partial charge in [0.15, 0.2) is 0 Å². The van der Waals surface area contributed by atoms with Crippen LogP contribution >= 0.6 is 0 Å². The molecule has 0 spiro atoms. The molecule has 0 aliphatic carbocycles. The van der Waals surface area contributed by atoms with E-state index in [1.807, 2.05) is 26.1 Å². The average Bonchev–Trinajstić information content (AvgIpc) is 2.46. The molecule has 0 heterocycles. The van der Waals surface area contributed by atoms with Gasteiger partial charge in [0.1, 0.15) is 11.6 Å². The monoisotopic (exact) mass is 290 g/mol. The van der Waals surface area contributed by atoms with Crippen molar-refractivity contribution in [3.05, 3.63) is 65.2 Å². The number of carbonyl (C=O) groups excluding carboxylic acids is 1. The molecule has 110 valence electrons. The fraction of sp³-hybridized carbons (Fsp3) is 0.188. The van der Waals surface area contributed by atoms with E-state index in [1.165, 1.54) is 0 Å². The summed E-state index contributed by atoms with van der Waals surface area (Å²) in [6.45, 7) is 1.95. The van der Waals surface area contributed by atoms with Crippen molar-refractivity contribution in [3.63, 3.8) is 0 Å². The second-order valence-corrected chi connectivity index (χ2v) is 4.71. The minimum atomic E-state index is -0.781. The van der Waals surface area contributed by atoms with Gasteiger partial charge in [0.25, 0.3) is 5.91 Å². The van der Waals surface area contributed by atoms with Gasteiger partial charge in [0.05, 0.1) is 0 Å². The Morgan fingerprint density at radius 1 is 1.10 bits per heavy atom. The number of rotatable bonds is 4. The number of amides is 1. The molecule has 2 aromatic carbocycles. The van der Waals surface area contributed by atoms with Crippen LogP contribution in [0.4, 0.5) is 14.5 Å². The molecule has 2 aromatic rings. The number of anilines is 1. The van der Waals surface area contributed by atoms with Crippen LogP contribution in [0.1, 0.15) is 28.9 Å². The third-order valence-corrected chi connectivity index (χ3v) is 3.23. The van der Waals surface area contributed by atoms with Gasteiger partial charge in [-0.15, -0.1) is 0 Å². The lowest BCUT2D eigenvalue weighted by Gasteiger charge is -2.16. The van der Waals surface area contributed by atoms with E-state index in [1.54, 1.807) is 12.1 Å². The summed E-state index contributed by atoms with van der Waals surface area (Å²) >= 11 is 0. The topological polar surface area (TPSA) is 41.1 Å². The summed E-state index contributed by atoms with van der Waals surface area (Å²) in [5.74, 6) is -2.11. The van der Waals surface area contributed by atoms with Gasteiger partial charge in [0, 0.05) is 23.4 Å². The van der Waals surface area contributed by atoms with Crippen LogP contribution in [0, 0.1) is 11.6 Å². The molecule has 0 radical (unpaired) electrons. The average molecular weight is 290 g/mol. The van der Waals surface area contributed by atoms with E-state index in [0.29, 0.717) is 5.69 Å². The molecule has 1 unspecified atom stereocenters. The summed E-state index contributed by atoms with van der Waals surface area (Å²) in [6, 6.07) is 10.0. The van der Waals surface area contributed by atoms with E-state index in [4.69, 9.17) is 0 Å². The fourth-order valence-electron chi connectivity index (χ4n) is 2.02. The Labute approximate surface area is 122 Å². The Morgan fingerprint density at radius 2 is 1.71 bits per heavy atom. The highest BCUT2D eigenvalue weighted by atomic mass is 19.1. The molecule has 5 heteroatoms. The van der Waals surface area contributed by atoms with Gasteiger partial charge in [-0.1, -0.05) is 18.2 Å². The van der Waals surface area contributed by atoms with Crippen LogP contribution in [0.3, 0.4) is 0 Å². The molecule has 0 saturated carbocycles. The van der Waals surface area contributed by atoms with Crippen LogP contribution in [0.2, 0.25) is 0 Å². The Kier molecular flexibility index (Phi) is 4.65. The van der Waals surface area contributed by atoms with Gasteiger partial charge in [-0.25, -0.2) is 8.78 Å². The third-order valence-electron chi connectivity index (χ3n) is 3.23. The first-order chi connectivity index (χ1) is 10.0. The van der Waals surface area contributed by atoms with Crippen molar-refractivity contribution in [2.24, 2.45) is 0 Å². The smallest absolute Gasteiger partial charge is 0.255 e. The molecule has 1 atom stereocenters. The Hall–Kier alpha value is -2.27. The lowest BCUT2D eigenvalue weighted by atomic mass is 10.1. The van der Waals surface area contributed by atoms with Crippen molar-refractivity contribution in [2.45, 2.75) is 13.0 Å². The SMILES string of the molecule is CNC(C)c1ccccc1NC(=O)c1cc(F)cc(F)c1. The zero-order valence-corrected chi connectivity index (χ0v) is 11.8. The predicted molar refractivity (Wildman–Crippen MR) is 78.2 cm³/mol. The molecular formula is C16H16F2N2O. The van der Waals surface area contributed by atoms with Crippen molar-refractivity contribution in [3.8, 4) is 0 Å². The summed E-state index contributed by atoms with van der Waals surface area (Å²) in [5, 5.41) is 5.77. The zero-order valence-electron chi connectivity index (χ0n) is 11.8. The Bertz CT molecular complexity index is 638. The predicted octanol–water partition coefficient (Wildman–Crippen LogP) is 3.50. The van der Waals surface area contributed by atoms with Gasteiger partial charge >= 0.3 is 0 Å². The molecule has 21 heavy (non-hydrogen) atoms. The molecule has 0 aliphatic rings. The highest BCUT2D eigenvalue weighted by Crippen LogP contribution is 2.23. The molecule has 0 bridgehead atoms. The summed E-state index contributed by atoms with van der Waals surface area (Å²) in [4.78, 5) is 12.1. The largest absolute Gasteiger partial charge is 0.322 e. The summed E-state index contributed by atoms with van der Waals surface area (Å²) in [5.41, 5.74) is 1.44. The van der Waals surface area contributed by atoms with Gasteiger partial charge < -0.3 is 10.6 Å². The quantitative estimate of drug-likeness (QED) is 0.905. The van der Waals surface area contributed by atoms with Crippen molar-refractivity contribution < 1.29 is 13.6 Å². The fourth-order valence-corrected chi connectivity index (χ4v) is 2.02. The van der Waals surface area contributed by atoms with E-state index in [9.17, 15) is 13.6 Å². The van der Waals surface area contributed by atoms with Gasteiger partial charge in [0.2, 0.25) is 0 Å². The summed E-state index contributed by atoms with van der Waals surface area (Å²) in [6.07, 6.45) is 0. The van der Waals surface area contributed by atoms with Crippen molar-refractivity contribution in [1.29, 1.82) is 0 Å². The second kappa shape index (κ2) is 6.45. The number of halogens is 2. The van der Waals surface area contributed by atoms with Gasteiger partial charge in [-0.05, 0) is 37.7 Å². The van der Waals surface area contributed by atoms with Crippen LogP contribution in [-0.2, 0) is 0 Å². The molecule has 0 fully saturated rings. The third kappa shape index (κ3) is 3.64. The number of carbonyl (C=O) groups is 1. The standard InChI is InChI=1S/C16H16F2N2O/c1-10(19-2)14-5-3-4-6-15(14)20-16(21)11-7-12(17)9-13(18)8-11/h3-10,19H,1-2H3,(H,20,21). The van der Waals surface area contributed by atoms with Crippen LogP contribution < -0.4 is 10.6 Å². The molecular weight excluding hydrogens is 274 g/mol. The molecule has 2 N–H and O–H groups in total. The number of benzene rings is 2. The normalized spacial score (nSPS) is 12.0. The lowest BCUT2D eigenvalue weighted by molar-refractivity contribution is 0.102.